The van der Waals surface area contributed by atoms with E-state index in [9.17, 15) is 4.79 Å². The molecule has 6 nitrogen and oxygen atoms in total. The lowest BCUT2D eigenvalue weighted by atomic mass is 9.85. The number of carbonyl (C=O) groups is 1. The third-order valence-corrected chi connectivity index (χ3v) is 7.11. The summed E-state index contributed by atoms with van der Waals surface area (Å²) in [6.07, 6.45) is 0.801. The molecule has 0 saturated heterocycles. The molecule has 4 rings (SSSR count). The molecule has 0 fully saturated rings. The Bertz CT molecular complexity index is 1250. The highest BCUT2D eigenvalue weighted by molar-refractivity contribution is 5.96. The van der Waals surface area contributed by atoms with Crippen LogP contribution in [-0.2, 0) is 24.3 Å². The minimum absolute atomic E-state index is 0.136. The van der Waals surface area contributed by atoms with Gasteiger partial charge in [-0.15, -0.1) is 0 Å². The number of amides is 1. The van der Waals surface area contributed by atoms with E-state index in [1.807, 2.05) is 17.0 Å². The van der Waals surface area contributed by atoms with Gasteiger partial charge < -0.3 is 24.6 Å². The van der Waals surface area contributed by atoms with Gasteiger partial charge in [0.1, 0.15) is 0 Å². The number of anilines is 1. The Morgan fingerprint density at radius 1 is 1.00 bits per heavy atom. The minimum Gasteiger partial charge on any atom is -0.493 e. The van der Waals surface area contributed by atoms with Gasteiger partial charge >= 0.3 is 0 Å². The molecule has 0 spiro atoms. The Morgan fingerprint density at radius 3 is 2.25 bits per heavy atom. The number of ether oxygens (including phenoxy) is 2. The van der Waals surface area contributed by atoms with E-state index in [1.165, 1.54) is 27.6 Å². The van der Waals surface area contributed by atoms with E-state index in [2.05, 4.69) is 81.5 Å². The highest BCUT2D eigenvalue weighted by Crippen LogP contribution is 2.34. The molecule has 0 bridgehead atoms. The maximum Gasteiger partial charge on any atom is 0.240 e. The number of fused-ring (bicyclic) bond motifs is 2. The fourth-order valence-electron chi connectivity index (χ4n) is 5.12. The fourth-order valence-corrected chi connectivity index (χ4v) is 5.12. The molecule has 6 heteroatoms. The Balaban J connectivity index is 1.56. The predicted octanol–water partition coefficient (Wildman–Crippen LogP) is 5.01. The number of benzene rings is 3. The summed E-state index contributed by atoms with van der Waals surface area (Å²) < 4.78 is 11.0. The van der Waals surface area contributed by atoms with Crippen LogP contribution in [0.4, 0.5) is 5.69 Å². The normalized spacial score (nSPS) is 14.4. The Hall–Kier alpha value is -3.25. The van der Waals surface area contributed by atoms with Crippen LogP contribution >= 0.6 is 0 Å². The van der Waals surface area contributed by atoms with Crippen molar-refractivity contribution in [3.8, 4) is 11.5 Å². The van der Waals surface area contributed by atoms with E-state index in [-0.39, 0.29) is 17.4 Å². The maximum absolute atomic E-state index is 13.9. The van der Waals surface area contributed by atoms with Crippen LogP contribution in [0.15, 0.2) is 48.5 Å². The van der Waals surface area contributed by atoms with Gasteiger partial charge in [-0.25, -0.2) is 0 Å². The molecule has 192 valence electrons. The summed E-state index contributed by atoms with van der Waals surface area (Å²) in [4.78, 5) is 18.0. The molecule has 1 atom stereocenters. The lowest BCUT2D eigenvalue weighted by molar-refractivity contribution is -0.137. The van der Waals surface area contributed by atoms with Crippen molar-refractivity contribution < 1.29 is 14.3 Å². The second-order valence-electron chi connectivity index (χ2n) is 10.8. The van der Waals surface area contributed by atoms with Crippen LogP contribution in [0.25, 0.3) is 10.8 Å². The topological polar surface area (TPSA) is 54.0 Å². The Kier molecular flexibility index (Phi) is 7.46. The molecule has 1 N–H and O–H groups in total. The van der Waals surface area contributed by atoms with Crippen molar-refractivity contribution >= 4 is 22.4 Å². The van der Waals surface area contributed by atoms with Gasteiger partial charge in [-0.05, 0) is 52.1 Å². The first-order valence-corrected chi connectivity index (χ1v) is 12.6. The smallest absolute Gasteiger partial charge is 0.240 e. The van der Waals surface area contributed by atoms with Crippen molar-refractivity contribution in [3.05, 3.63) is 65.2 Å². The molecule has 1 aliphatic heterocycles. The van der Waals surface area contributed by atoms with Crippen LogP contribution in [0, 0.1) is 5.41 Å². The van der Waals surface area contributed by atoms with Gasteiger partial charge in [0.2, 0.25) is 5.91 Å². The SMILES string of the molecule is COc1cc2c(cc1OC)CN(C(=O)[C@@H](NCc1ccc(N(C)C)c3ccccc13)C(C)(C)C)CC2. The molecule has 1 aliphatic rings. The highest BCUT2D eigenvalue weighted by Gasteiger charge is 2.35. The zero-order valence-electron chi connectivity index (χ0n) is 22.6. The van der Waals surface area contributed by atoms with Gasteiger partial charge in [-0.2, -0.15) is 0 Å². The highest BCUT2D eigenvalue weighted by atomic mass is 16.5. The van der Waals surface area contributed by atoms with E-state index in [0.717, 1.165) is 17.7 Å². The molecule has 3 aromatic rings. The second-order valence-corrected chi connectivity index (χ2v) is 10.8. The van der Waals surface area contributed by atoms with Crippen LogP contribution in [0.1, 0.15) is 37.5 Å². The summed E-state index contributed by atoms with van der Waals surface area (Å²) in [6, 6.07) is 16.5. The molecule has 1 amide bonds. The van der Waals surface area contributed by atoms with Crippen LogP contribution in [0.3, 0.4) is 0 Å². The first-order chi connectivity index (χ1) is 17.1. The number of carbonyl (C=O) groups excluding carboxylic acids is 1. The van der Waals surface area contributed by atoms with Gasteiger partial charge in [0.25, 0.3) is 0 Å². The van der Waals surface area contributed by atoms with Crippen LogP contribution in [-0.4, -0.2) is 51.7 Å². The molecule has 3 aromatic carbocycles. The number of nitrogens with one attached hydrogen (secondary N) is 1. The van der Waals surface area contributed by atoms with Crippen LogP contribution in [0.2, 0.25) is 0 Å². The third kappa shape index (κ3) is 5.14. The first-order valence-electron chi connectivity index (χ1n) is 12.6. The fraction of sp³-hybridized carbons (Fsp3) is 0.433. The third-order valence-electron chi connectivity index (χ3n) is 7.11. The van der Waals surface area contributed by atoms with Gasteiger partial charge in [0, 0.05) is 44.8 Å². The van der Waals surface area contributed by atoms with Crippen molar-refractivity contribution in [3.63, 3.8) is 0 Å². The van der Waals surface area contributed by atoms with Crippen LogP contribution < -0.4 is 19.7 Å². The van der Waals surface area contributed by atoms with Crippen molar-refractivity contribution in [1.29, 1.82) is 0 Å². The number of methoxy groups -OCH3 is 2. The number of hydrogen-bond acceptors (Lipinski definition) is 5. The number of rotatable bonds is 7. The lowest BCUT2D eigenvalue weighted by Gasteiger charge is -2.37. The van der Waals surface area contributed by atoms with E-state index in [4.69, 9.17) is 9.47 Å². The van der Waals surface area contributed by atoms with Crippen molar-refractivity contribution in [2.75, 3.05) is 39.8 Å². The Labute approximate surface area is 215 Å². The number of hydrogen-bond donors (Lipinski definition) is 1. The van der Waals surface area contributed by atoms with Crippen molar-refractivity contribution in [2.24, 2.45) is 5.41 Å². The average Bonchev–Trinajstić information content (AvgIpc) is 2.86. The second kappa shape index (κ2) is 10.4. The van der Waals surface area contributed by atoms with Gasteiger partial charge in [-0.3, -0.25) is 4.79 Å². The monoisotopic (exact) mass is 489 g/mol. The average molecular weight is 490 g/mol. The molecule has 0 aliphatic carbocycles. The zero-order chi connectivity index (χ0) is 26.0. The van der Waals surface area contributed by atoms with E-state index in [1.54, 1.807) is 14.2 Å². The first kappa shape index (κ1) is 25.8. The molecule has 0 saturated carbocycles. The summed E-state index contributed by atoms with van der Waals surface area (Å²) >= 11 is 0. The van der Waals surface area contributed by atoms with Crippen molar-refractivity contribution in [2.45, 2.75) is 46.3 Å². The predicted molar refractivity (Wildman–Crippen MR) is 147 cm³/mol. The molecule has 1 heterocycles. The van der Waals surface area contributed by atoms with E-state index in [0.29, 0.717) is 25.4 Å². The molecule has 0 aromatic heterocycles. The largest absolute Gasteiger partial charge is 0.493 e. The quantitative estimate of drug-likeness (QED) is 0.506. The Morgan fingerprint density at radius 2 is 1.64 bits per heavy atom. The van der Waals surface area contributed by atoms with Gasteiger partial charge in [0.15, 0.2) is 11.5 Å². The molecule has 0 radical (unpaired) electrons. The van der Waals surface area contributed by atoms with Crippen LogP contribution in [0.5, 0.6) is 11.5 Å². The summed E-state index contributed by atoms with van der Waals surface area (Å²) in [5.74, 6) is 1.57. The summed E-state index contributed by atoms with van der Waals surface area (Å²) in [6.45, 7) is 8.27. The standard InChI is InChI=1S/C30H39N3O3/c1-30(2,3)28(31-18-21-12-13-25(32(4)5)24-11-9-8-10-23(21)24)29(34)33-15-14-20-16-26(35-6)27(36-7)17-22(20)19-33/h8-13,16-17,28,31H,14-15,18-19H2,1-7H3/t28-/m1/s1. The zero-order valence-corrected chi connectivity index (χ0v) is 22.6. The van der Waals surface area contributed by atoms with Crippen molar-refractivity contribution in [1.82, 2.24) is 10.2 Å². The van der Waals surface area contributed by atoms with E-state index >= 15 is 0 Å². The number of nitrogens with zero attached hydrogens (tertiary/aromatic N) is 2. The minimum atomic E-state index is -0.313. The van der Waals surface area contributed by atoms with Gasteiger partial charge in [0.05, 0.1) is 20.3 Å². The van der Waals surface area contributed by atoms with E-state index < -0.39 is 0 Å². The molecular weight excluding hydrogens is 450 g/mol. The molecule has 0 unspecified atom stereocenters. The molecular formula is C30H39N3O3. The summed E-state index contributed by atoms with van der Waals surface area (Å²) in [5.41, 5.74) is 4.47. The lowest BCUT2D eigenvalue weighted by Crippen LogP contribution is -2.53. The summed E-state index contributed by atoms with van der Waals surface area (Å²) in [5, 5.41) is 6.06. The summed E-state index contributed by atoms with van der Waals surface area (Å²) in [7, 11) is 7.43. The van der Waals surface area contributed by atoms with Gasteiger partial charge in [-0.1, -0.05) is 51.1 Å². The molecule has 36 heavy (non-hydrogen) atoms. The maximum atomic E-state index is 13.9.